The van der Waals surface area contributed by atoms with Crippen molar-refractivity contribution in [3.05, 3.63) is 115 Å². The quantitative estimate of drug-likeness (QED) is 0.0843. The lowest BCUT2D eigenvalue weighted by atomic mass is 9.75. The molecule has 4 aromatic rings. The Kier molecular flexibility index (Phi) is 32.1. The van der Waals surface area contributed by atoms with Crippen molar-refractivity contribution in [2.75, 3.05) is 0 Å². The van der Waals surface area contributed by atoms with Crippen LogP contribution in [-0.2, 0) is 65.0 Å². The highest BCUT2D eigenvalue weighted by atomic mass is 31.1. The molecule has 610 valence electrons. The van der Waals surface area contributed by atoms with E-state index in [2.05, 4.69) is 473 Å². The second-order valence-corrected chi connectivity index (χ2v) is 64.1. The Balaban J connectivity index is 2.51. The maximum atomic E-state index is 4.24. The smallest absolute Gasteiger partial charge is 0.125 e. The van der Waals surface area contributed by atoms with Crippen LogP contribution < -0.4 is 21.2 Å². The molecule has 0 saturated heterocycles. The van der Waals surface area contributed by atoms with Gasteiger partial charge in [0.05, 0.1) is 31.7 Å². The molecule has 112 heavy (non-hydrogen) atoms. The first-order valence-electron chi connectivity index (χ1n) is 42.2. The van der Waals surface area contributed by atoms with Gasteiger partial charge in [-0.2, -0.15) is 0 Å². The van der Waals surface area contributed by atoms with Gasteiger partial charge in [-0.25, -0.2) is 0 Å². The monoisotopic (exact) mass is 1610 g/mol. The standard InChI is InChI=1S/C106H158P4Si2/c1-73(2)111(74(3)4,75(5)6)63-61-109(93-87(103(37,38)39)69-81(97(19,20)21)70-88(93)104(40,41)42)59-53-51-57-107(91-83(99(25,26)27)65-79(95(13,14)15)66-84(91)100(28,29)30)55-49-50-56-108(92-85(101(31,32)33)67-80(96(16,17)18)68-86(92)102(34,35)36)58-52-54-60-110(62-64-112(76(7)8,77(9)10)78(11)12)94-89(105(43,44)45)71-82(98(22,23)24)72-90(94)106(46,47)48/h65-78H,1-48H3. The second kappa shape index (κ2) is 36.0. The molecule has 0 aliphatic carbocycles. The summed E-state index contributed by atoms with van der Waals surface area (Å²) in [6, 6.07) is 19.9. The molecule has 0 fully saturated rings. The molecule has 0 saturated carbocycles. The molecule has 4 atom stereocenters. The van der Waals surface area contributed by atoms with Gasteiger partial charge in [0.1, 0.15) is 16.1 Å². The minimum Gasteiger partial charge on any atom is -0.125 e. The number of benzene rings is 4. The van der Waals surface area contributed by atoms with Crippen LogP contribution in [0, 0.1) is 91.9 Å². The van der Waals surface area contributed by atoms with Crippen molar-refractivity contribution >= 4 is 69.1 Å². The van der Waals surface area contributed by atoms with Gasteiger partial charge in [-0.1, -0.05) is 392 Å². The Morgan fingerprint density at radius 2 is 0.304 bits per heavy atom. The Morgan fingerprint density at radius 1 is 0.188 bits per heavy atom. The van der Waals surface area contributed by atoms with Crippen LogP contribution in [0.4, 0.5) is 0 Å². The number of rotatable bonds is 10. The average Bonchev–Trinajstić information content (AvgIpc) is 0.764. The molecule has 0 amide bonds. The zero-order valence-corrected chi connectivity index (χ0v) is 86.4. The fraction of sp³-hybridized carbons (Fsp3) is 0.623. The predicted molar refractivity (Wildman–Crippen MR) is 521 cm³/mol. The van der Waals surface area contributed by atoms with Crippen LogP contribution in [0.2, 0.25) is 33.2 Å². The van der Waals surface area contributed by atoms with Crippen LogP contribution in [0.3, 0.4) is 0 Å². The third kappa shape index (κ3) is 24.6. The van der Waals surface area contributed by atoms with E-state index in [1.54, 1.807) is 0 Å². The van der Waals surface area contributed by atoms with Gasteiger partial charge in [-0.05, 0) is 234 Å². The highest BCUT2D eigenvalue weighted by molar-refractivity contribution is 7.76. The maximum Gasteiger partial charge on any atom is 0.146 e. The maximum absolute atomic E-state index is 4.24. The van der Waals surface area contributed by atoms with Gasteiger partial charge in [0.15, 0.2) is 0 Å². The molecule has 6 heteroatoms. The summed E-state index contributed by atoms with van der Waals surface area (Å²) in [5.41, 5.74) is 56.9. The summed E-state index contributed by atoms with van der Waals surface area (Å²) in [6.45, 7) is 114. The summed E-state index contributed by atoms with van der Waals surface area (Å²) < 4.78 is 0. The molecule has 4 rings (SSSR count). The molecule has 0 spiro atoms. The molecule has 0 aliphatic rings. The first kappa shape index (κ1) is 99.9. The molecule has 0 bridgehead atoms. The average molecular weight is 1610 g/mol. The topological polar surface area (TPSA) is 0 Å². The van der Waals surface area contributed by atoms with E-state index in [1.165, 1.54) is 88.0 Å². The van der Waals surface area contributed by atoms with E-state index in [4.69, 9.17) is 0 Å². The van der Waals surface area contributed by atoms with Crippen molar-refractivity contribution in [1.82, 2.24) is 0 Å². The lowest BCUT2D eigenvalue weighted by Gasteiger charge is -2.38. The van der Waals surface area contributed by atoms with E-state index >= 15 is 0 Å². The van der Waals surface area contributed by atoms with Crippen LogP contribution in [0.25, 0.3) is 0 Å². The molecule has 0 aromatic heterocycles. The third-order valence-electron chi connectivity index (χ3n) is 23.0. The lowest BCUT2D eigenvalue weighted by molar-refractivity contribution is 0.553. The molecular weight excluding hydrogens is 1450 g/mol. The normalized spacial score (nSPS) is 14.4. The second-order valence-electron chi connectivity index (χ2n) is 46.7. The molecule has 0 aliphatic heterocycles. The van der Waals surface area contributed by atoms with E-state index < -0.39 is 47.8 Å². The molecule has 0 N–H and O–H groups in total. The van der Waals surface area contributed by atoms with Gasteiger partial charge in [-0.3, -0.25) is 0 Å². The van der Waals surface area contributed by atoms with Crippen molar-refractivity contribution < 1.29 is 0 Å². The summed E-state index contributed by atoms with van der Waals surface area (Å²) in [5, 5.41) is 5.04. The van der Waals surface area contributed by atoms with Crippen LogP contribution >= 0.6 is 31.7 Å². The summed E-state index contributed by atoms with van der Waals surface area (Å²) in [4.78, 5) is 0. The van der Waals surface area contributed by atoms with Crippen molar-refractivity contribution in [3.8, 4) is 91.9 Å². The van der Waals surface area contributed by atoms with E-state index in [0.29, 0.717) is 33.2 Å². The van der Waals surface area contributed by atoms with E-state index in [1.807, 2.05) is 0 Å². The van der Waals surface area contributed by atoms with E-state index in [-0.39, 0.29) is 65.0 Å². The summed E-state index contributed by atoms with van der Waals surface area (Å²) in [5.74, 6) is 21.9. The summed E-state index contributed by atoms with van der Waals surface area (Å²) in [7, 11) is -10.2. The Labute approximate surface area is 701 Å². The minimum atomic E-state index is -2.21. The number of hydrogen-bond donors (Lipinski definition) is 0. The van der Waals surface area contributed by atoms with Crippen LogP contribution in [0.15, 0.2) is 48.5 Å². The largest absolute Gasteiger partial charge is 0.146 e. The Morgan fingerprint density at radius 3 is 0.402 bits per heavy atom. The van der Waals surface area contributed by atoms with E-state index in [9.17, 15) is 0 Å². The minimum absolute atomic E-state index is 0.0605. The Bertz CT molecular complexity index is 4110. The van der Waals surface area contributed by atoms with Crippen molar-refractivity contribution in [2.24, 2.45) is 0 Å². The fourth-order valence-corrected chi connectivity index (χ4v) is 35.5. The van der Waals surface area contributed by atoms with Crippen LogP contribution in [-0.4, -0.2) is 16.1 Å². The van der Waals surface area contributed by atoms with Crippen molar-refractivity contribution in [3.63, 3.8) is 0 Å². The predicted octanol–water partition coefficient (Wildman–Crippen LogP) is 29.9. The molecule has 0 radical (unpaired) electrons. The van der Waals surface area contributed by atoms with Gasteiger partial charge < -0.3 is 0 Å². The Hall–Kier alpha value is -4.49. The molecule has 0 heterocycles. The molecule has 0 nitrogen and oxygen atoms in total. The first-order valence-corrected chi connectivity index (χ1v) is 52.0. The third-order valence-corrected chi connectivity index (χ3v) is 42.4. The van der Waals surface area contributed by atoms with E-state index in [0.717, 1.165) is 0 Å². The van der Waals surface area contributed by atoms with Gasteiger partial charge in [0.2, 0.25) is 0 Å². The zero-order chi connectivity index (χ0) is 87.0. The first-order chi connectivity index (χ1) is 50.1. The lowest BCUT2D eigenvalue weighted by Crippen LogP contribution is -2.43. The highest BCUT2D eigenvalue weighted by Crippen LogP contribution is 2.51. The SMILES string of the molecule is CC(C)[Si](C#CP(C#CC#CP(C#CC#CP(C#CC#CP(C#C[Si](C(C)C)(C(C)C)C(C)C)c1c(C(C)(C)C)cc(C(C)(C)C)cc1C(C)(C)C)c1c(C(C)(C)C)cc(C(C)(C)C)cc1C(C)(C)C)c1c(C(C)(C)C)cc(C(C)(C)C)cc1C(C)(C)C)c1c(C(C)(C)C)cc(C(C)(C)C)cc1C(C)(C)C)(C(C)C)C(C)C. The van der Waals surface area contributed by atoms with Crippen molar-refractivity contribution in [2.45, 2.75) is 431 Å². The fourth-order valence-electron chi connectivity index (χ4n) is 16.0. The van der Waals surface area contributed by atoms with Gasteiger partial charge >= 0.3 is 0 Å². The van der Waals surface area contributed by atoms with Gasteiger partial charge in [0.25, 0.3) is 0 Å². The van der Waals surface area contributed by atoms with Gasteiger partial charge in [-0.15, -0.1) is 11.1 Å². The van der Waals surface area contributed by atoms with Crippen LogP contribution in [0.5, 0.6) is 0 Å². The molecule has 4 unspecified atom stereocenters. The molecular formula is C106H158P4Si2. The van der Waals surface area contributed by atoms with Crippen molar-refractivity contribution in [1.29, 1.82) is 0 Å². The number of hydrogen-bond acceptors (Lipinski definition) is 0. The van der Waals surface area contributed by atoms with Gasteiger partial charge in [0, 0.05) is 21.2 Å². The molecule has 4 aromatic carbocycles. The zero-order valence-electron chi connectivity index (χ0n) is 80.9. The van der Waals surface area contributed by atoms with Crippen LogP contribution in [0.1, 0.15) is 399 Å². The summed E-state index contributed by atoms with van der Waals surface area (Å²) >= 11 is 0. The summed E-state index contributed by atoms with van der Waals surface area (Å²) in [6.07, 6.45) is 0. The highest BCUT2D eigenvalue weighted by Gasteiger charge is 2.45.